The molecule has 38 heavy (non-hydrogen) atoms. The van der Waals surface area contributed by atoms with Gasteiger partial charge in [0.15, 0.2) is 11.3 Å². The van der Waals surface area contributed by atoms with Crippen molar-refractivity contribution in [1.29, 1.82) is 0 Å². The molecule has 0 saturated heterocycles. The third-order valence-corrected chi connectivity index (χ3v) is 7.20. The second kappa shape index (κ2) is 10.4. The van der Waals surface area contributed by atoms with Crippen LogP contribution in [0, 0.1) is 12.7 Å². The summed E-state index contributed by atoms with van der Waals surface area (Å²) in [6.07, 6.45) is 1.54. The number of hydrogen-bond acceptors (Lipinski definition) is 8. The maximum atomic E-state index is 14.1. The zero-order chi connectivity index (χ0) is 26.9. The lowest BCUT2D eigenvalue weighted by molar-refractivity contribution is 0.0908. The maximum Gasteiger partial charge on any atom is 0.275 e. The lowest BCUT2D eigenvalue weighted by Crippen LogP contribution is -2.44. The van der Waals surface area contributed by atoms with Gasteiger partial charge in [-0.3, -0.25) is 9.59 Å². The molecule has 3 heterocycles. The van der Waals surface area contributed by atoms with Crippen LogP contribution in [0.4, 0.5) is 8.78 Å². The summed E-state index contributed by atoms with van der Waals surface area (Å²) in [5.74, 6) is -1.17. The van der Waals surface area contributed by atoms with Crippen molar-refractivity contribution in [3.05, 3.63) is 75.0 Å². The minimum absolute atomic E-state index is 0.0815. The molecule has 0 bridgehead atoms. The number of ether oxygens (including phenoxy) is 1. The Kier molecular flexibility index (Phi) is 7.06. The number of benzene rings is 1. The molecule has 1 fully saturated rings. The van der Waals surface area contributed by atoms with Crippen LogP contribution in [0.5, 0.6) is 0 Å². The summed E-state index contributed by atoms with van der Waals surface area (Å²) in [5, 5.41) is 10.1. The minimum Gasteiger partial charge on any atom is -0.440 e. The predicted molar refractivity (Wildman–Crippen MR) is 131 cm³/mol. The quantitative estimate of drug-likeness (QED) is 0.354. The van der Waals surface area contributed by atoms with Crippen molar-refractivity contribution < 1.29 is 27.4 Å². The van der Waals surface area contributed by atoms with Crippen LogP contribution in [0.2, 0.25) is 0 Å². The number of nitrogens with zero attached hydrogens (tertiary/aromatic N) is 3. The van der Waals surface area contributed by atoms with Gasteiger partial charge < -0.3 is 19.5 Å². The molecule has 1 aliphatic carbocycles. The normalized spacial score (nSPS) is 20.5. The van der Waals surface area contributed by atoms with Crippen LogP contribution in [-0.4, -0.2) is 52.6 Å². The number of alkyl halides is 1. The van der Waals surface area contributed by atoms with Crippen molar-refractivity contribution in [2.45, 2.75) is 50.1 Å². The lowest BCUT2D eigenvalue weighted by atomic mass is 9.73. The first-order valence-corrected chi connectivity index (χ1v) is 12.3. The van der Waals surface area contributed by atoms with Crippen molar-refractivity contribution in [1.82, 2.24) is 25.6 Å². The molecule has 200 valence electrons. The molecule has 0 unspecified atom stereocenters. The van der Waals surface area contributed by atoms with Crippen LogP contribution in [0.3, 0.4) is 0 Å². The molecule has 1 aromatic carbocycles. The molecule has 1 atom stereocenters. The van der Waals surface area contributed by atoms with Gasteiger partial charge in [0.1, 0.15) is 23.2 Å². The third-order valence-electron chi connectivity index (χ3n) is 7.20. The molecule has 1 aliphatic rings. The van der Waals surface area contributed by atoms with Crippen LogP contribution < -0.4 is 10.9 Å². The summed E-state index contributed by atoms with van der Waals surface area (Å²) in [5.41, 5.74) is 1.25. The lowest BCUT2D eigenvalue weighted by Gasteiger charge is -2.35. The average molecular weight is 528 g/mol. The molecule has 1 amide bonds. The Morgan fingerprint density at radius 2 is 2.08 bits per heavy atom. The number of amides is 1. The summed E-state index contributed by atoms with van der Waals surface area (Å²) >= 11 is 0. The van der Waals surface area contributed by atoms with Gasteiger partial charge in [0.25, 0.3) is 11.5 Å². The van der Waals surface area contributed by atoms with Crippen molar-refractivity contribution in [2.24, 2.45) is 0 Å². The topological polar surface area (TPSA) is 136 Å². The molecule has 10 nitrogen and oxygen atoms in total. The summed E-state index contributed by atoms with van der Waals surface area (Å²) in [7, 11) is 1.50. The number of aromatic amines is 1. The van der Waals surface area contributed by atoms with Gasteiger partial charge in [0.2, 0.25) is 5.89 Å². The van der Waals surface area contributed by atoms with E-state index in [0.717, 1.165) is 6.20 Å². The van der Waals surface area contributed by atoms with Gasteiger partial charge >= 0.3 is 0 Å². The van der Waals surface area contributed by atoms with E-state index in [4.69, 9.17) is 14.1 Å². The summed E-state index contributed by atoms with van der Waals surface area (Å²) in [6.45, 7) is 1.92. The molecule has 2 N–H and O–H groups in total. The van der Waals surface area contributed by atoms with E-state index in [9.17, 15) is 18.4 Å². The van der Waals surface area contributed by atoms with E-state index in [-0.39, 0.29) is 24.4 Å². The number of aromatic nitrogens is 4. The fourth-order valence-electron chi connectivity index (χ4n) is 5.02. The monoisotopic (exact) mass is 527 g/mol. The highest BCUT2D eigenvalue weighted by molar-refractivity contribution is 5.93. The third kappa shape index (κ3) is 4.95. The number of oxazole rings is 1. The van der Waals surface area contributed by atoms with Gasteiger partial charge in [0, 0.05) is 31.3 Å². The largest absolute Gasteiger partial charge is 0.440 e. The standard InChI is InChI=1S/C26H27F2N5O5/c1-14-22(33-38-32-14)24(35)30-13-26(7-5-16(27)6-8-26)25-31-20-9-15(3-4-21(20)37-25)19(12-36-2)18-10-17(28)11-29-23(18)34/h3-4,9-11,16,19H,5-8,12-13H2,1-2H3,(H,29,34)(H,30,35)/t16?,19-,26?/m1/s1. The van der Waals surface area contributed by atoms with Gasteiger partial charge in [-0.25, -0.2) is 18.4 Å². The fourth-order valence-corrected chi connectivity index (χ4v) is 5.02. The van der Waals surface area contributed by atoms with Crippen molar-refractivity contribution in [3.63, 3.8) is 0 Å². The van der Waals surface area contributed by atoms with E-state index in [1.807, 2.05) is 0 Å². The smallest absolute Gasteiger partial charge is 0.275 e. The first-order valence-electron chi connectivity index (χ1n) is 12.3. The highest BCUT2D eigenvalue weighted by atomic mass is 19.1. The van der Waals surface area contributed by atoms with E-state index >= 15 is 0 Å². The molecular weight excluding hydrogens is 500 g/mol. The van der Waals surface area contributed by atoms with Crippen LogP contribution in [-0.2, 0) is 10.2 Å². The first kappa shape index (κ1) is 25.7. The van der Waals surface area contributed by atoms with Crippen LogP contribution in [0.1, 0.15) is 64.8 Å². The number of nitrogens with one attached hydrogen (secondary N) is 2. The summed E-state index contributed by atoms with van der Waals surface area (Å²) in [6, 6.07) is 6.47. The zero-order valence-corrected chi connectivity index (χ0v) is 20.9. The molecule has 5 rings (SSSR count). The molecule has 0 radical (unpaired) electrons. The van der Waals surface area contributed by atoms with Crippen molar-refractivity contribution >= 4 is 17.0 Å². The number of pyridine rings is 1. The molecule has 4 aromatic rings. The average Bonchev–Trinajstić information content (AvgIpc) is 3.54. The Morgan fingerprint density at radius 1 is 1.29 bits per heavy atom. The van der Waals surface area contributed by atoms with E-state index in [1.54, 1.807) is 25.1 Å². The Balaban J connectivity index is 1.48. The number of methoxy groups -OCH3 is 1. The molecule has 3 aromatic heterocycles. The maximum absolute atomic E-state index is 14.1. The van der Waals surface area contributed by atoms with Gasteiger partial charge in [-0.05, 0) is 61.5 Å². The van der Waals surface area contributed by atoms with E-state index in [1.165, 1.54) is 13.2 Å². The Labute approximate surface area is 215 Å². The number of fused-ring (bicyclic) bond motifs is 1. The highest BCUT2D eigenvalue weighted by Crippen LogP contribution is 2.41. The van der Waals surface area contributed by atoms with Gasteiger partial charge in [-0.15, -0.1) is 0 Å². The molecular formula is C26H27F2N5O5. The van der Waals surface area contributed by atoms with Crippen LogP contribution >= 0.6 is 0 Å². The highest BCUT2D eigenvalue weighted by Gasteiger charge is 2.42. The van der Waals surface area contributed by atoms with Crippen LogP contribution in [0.15, 0.2) is 44.3 Å². The zero-order valence-electron chi connectivity index (χ0n) is 20.9. The number of hydrogen-bond donors (Lipinski definition) is 2. The van der Waals surface area contributed by atoms with Gasteiger partial charge in [-0.1, -0.05) is 11.2 Å². The fraction of sp³-hybridized carbons (Fsp3) is 0.423. The second-order valence-corrected chi connectivity index (χ2v) is 9.69. The van der Waals surface area contributed by atoms with Gasteiger partial charge in [0.05, 0.1) is 12.0 Å². The first-order chi connectivity index (χ1) is 18.3. The molecule has 0 aliphatic heterocycles. The van der Waals surface area contributed by atoms with Crippen molar-refractivity contribution in [3.8, 4) is 0 Å². The minimum atomic E-state index is -0.934. The van der Waals surface area contributed by atoms with E-state index in [0.29, 0.717) is 53.9 Å². The molecule has 1 saturated carbocycles. The Morgan fingerprint density at radius 3 is 2.79 bits per heavy atom. The number of rotatable bonds is 8. The summed E-state index contributed by atoms with van der Waals surface area (Å²) in [4.78, 5) is 32.3. The molecule has 0 spiro atoms. The predicted octanol–water partition coefficient (Wildman–Crippen LogP) is 3.70. The number of carbonyl (C=O) groups is 1. The SMILES string of the molecule is COC[C@H](c1ccc2oc(C3(CNC(=O)c4nonc4C)CCC(F)CC3)nc2c1)c1cc(F)c[nH]c1=O. The number of carbonyl (C=O) groups excluding carboxylic acids is 1. The van der Waals surface area contributed by atoms with E-state index in [2.05, 4.69) is 25.2 Å². The summed E-state index contributed by atoms with van der Waals surface area (Å²) < 4.78 is 44.1. The number of halogens is 2. The van der Waals surface area contributed by atoms with Gasteiger partial charge in [-0.2, -0.15) is 0 Å². The number of H-pyrrole nitrogens is 1. The van der Waals surface area contributed by atoms with E-state index < -0.39 is 34.8 Å². The Hall–Kier alpha value is -3.93. The van der Waals surface area contributed by atoms with Crippen molar-refractivity contribution in [2.75, 3.05) is 20.3 Å². The molecule has 12 heteroatoms. The second-order valence-electron chi connectivity index (χ2n) is 9.69. The Bertz CT molecular complexity index is 1510. The van der Waals surface area contributed by atoms with Crippen LogP contribution in [0.25, 0.3) is 11.1 Å². The number of aryl methyl sites for hydroxylation is 1.